The fraction of sp³-hybridized carbons (Fsp3) is 0.696. The van der Waals surface area contributed by atoms with Crippen molar-refractivity contribution < 1.29 is 4.74 Å². The number of benzene rings is 1. The lowest BCUT2D eigenvalue weighted by Crippen LogP contribution is -2.43. The molecule has 30 heavy (non-hydrogen) atoms. The van der Waals surface area contributed by atoms with Crippen molar-refractivity contribution in [3.63, 3.8) is 0 Å². The van der Waals surface area contributed by atoms with Gasteiger partial charge in [0.25, 0.3) is 0 Å². The van der Waals surface area contributed by atoms with E-state index in [0.29, 0.717) is 12.6 Å². The molecule has 0 bridgehead atoms. The van der Waals surface area contributed by atoms with Crippen LogP contribution in [-0.4, -0.2) is 75.7 Å². The quantitative estimate of drug-likeness (QED) is 0.228. The number of ether oxygens (including phenoxy) is 1. The van der Waals surface area contributed by atoms with E-state index in [9.17, 15) is 0 Å². The van der Waals surface area contributed by atoms with Crippen LogP contribution in [0.25, 0.3) is 0 Å². The molecule has 1 rings (SSSR count). The van der Waals surface area contributed by atoms with Crippen molar-refractivity contribution in [2.24, 2.45) is 4.99 Å². The van der Waals surface area contributed by atoms with Crippen LogP contribution in [0.4, 0.5) is 0 Å². The largest absolute Gasteiger partial charge is 0.496 e. The Bertz CT molecular complexity index is 593. The van der Waals surface area contributed by atoms with E-state index in [0.717, 1.165) is 49.9 Å². The number of halogens is 1. The Hall–Kier alpha value is -1.06. The summed E-state index contributed by atoms with van der Waals surface area (Å²) in [6.07, 6.45) is 2.32. The summed E-state index contributed by atoms with van der Waals surface area (Å²) in [4.78, 5) is 9.56. The first-order chi connectivity index (χ1) is 14.0. The van der Waals surface area contributed by atoms with E-state index in [-0.39, 0.29) is 30.0 Å². The maximum atomic E-state index is 5.57. The maximum absolute atomic E-state index is 5.57. The van der Waals surface area contributed by atoms with Gasteiger partial charge in [0.2, 0.25) is 0 Å². The third-order valence-electron chi connectivity index (χ3n) is 5.28. The van der Waals surface area contributed by atoms with Gasteiger partial charge in [0.15, 0.2) is 5.96 Å². The Morgan fingerprint density at radius 1 is 1.13 bits per heavy atom. The predicted octanol–water partition coefficient (Wildman–Crippen LogP) is 3.98. The Morgan fingerprint density at radius 3 is 2.37 bits per heavy atom. The number of rotatable bonds is 13. The molecule has 7 heteroatoms. The average Bonchev–Trinajstić information content (AvgIpc) is 2.71. The molecule has 1 aromatic rings. The number of para-hydroxylation sites is 1. The molecule has 0 aliphatic heterocycles. The van der Waals surface area contributed by atoms with E-state index in [1.807, 2.05) is 12.1 Å². The van der Waals surface area contributed by atoms with Gasteiger partial charge in [-0.15, -0.1) is 24.0 Å². The SMILES string of the molecule is CCNC(=NCC(c1ccccc1OC)N(C)C)NC(C)CCCN(CC)CC.I. The zero-order valence-corrected chi connectivity index (χ0v) is 22.4. The van der Waals surface area contributed by atoms with Crippen LogP contribution in [0.1, 0.15) is 52.1 Å². The van der Waals surface area contributed by atoms with Gasteiger partial charge in [-0.25, -0.2) is 0 Å². The number of hydrogen-bond donors (Lipinski definition) is 2. The molecule has 2 unspecified atom stereocenters. The Kier molecular flexibility index (Phi) is 16.0. The first kappa shape index (κ1) is 28.9. The summed E-state index contributed by atoms with van der Waals surface area (Å²) >= 11 is 0. The molecule has 0 aliphatic carbocycles. The van der Waals surface area contributed by atoms with Crippen LogP contribution in [-0.2, 0) is 0 Å². The van der Waals surface area contributed by atoms with Crippen molar-refractivity contribution in [3.05, 3.63) is 29.8 Å². The second-order valence-corrected chi connectivity index (χ2v) is 7.66. The molecular weight excluding hydrogens is 489 g/mol. The Balaban J connectivity index is 0.00000841. The van der Waals surface area contributed by atoms with Crippen molar-refractivity contribution in [2.75, 3.05) is 53.9 Å². The predicted molar refractivity (Wildman–Crippen MR) is 140 cm³/mol. The van der Waals surface area contributed by atoms with Crippen molar-refractivity contribution in [1.29, 1.82) is 0 Å². The monoisotopic (exact) mass is 533 g/mol. The number of guanidine groups is 1. The fourth-order valence-corrected chi connectivity index (χ4v) is 3.45. The molecule has 0 spiro atoms. The number of methoxy groups -OCH3 is 1. The first-order valence-electron chi connectivity index (χ1n) is 11.0. The molecule has 174 valence electrons. The standard InChI is InChI=1S/C23H43N5O.HI/c1-8-24-23(26-19(4)14-13-17-28(9-2)10-3)25-18-21(27(5)6)20-15-11-12-16-22(20)29-7;/h11-12,15-16,19,21H,8-10,13-14,17-18H2,1-7H3,(H2,24,25,26);1H. The minimum absolute atomic E-state index is 0. The Morgan fingerprint density at radius 2 is 1.80 bits per heavy atom. The number of aliphatic imine (C=N–C) groups is 1. The zero-order chi connectivity index (χ0) is 21.6. The lowest BCUT2D eigenvalue weighted by Gasteiger charge is -2.26. The van der Waals surface area contributed by atoms with Gasteiger partial charge in [-0.05, 0) is 66.5 Å². The van der Waals surface area contributed by atoms with E-state index >= 15 is 0 Å². The van der Waals surface area contributed by atoms with Crippen LogP contribution >= 0.6 is 24.0 Å². The van der Waals surface area contributed by atoms with E-state index < -0.39 is 0 Å². The molecule has 0 radical (unpaired) electrons. The van der Waals surface area contributed by atoms with E-state index in [2.05, 4.69) is 74.4 Å². The number of likely N-dealkylation sites (N-methyl/N-ethyl adjacent to an activating group) is 1. The maximum Gasteiger partial charge on any atom is 0.191 e. The molecule has 0 fully saturated rings. The van der Waals surface area contributed by atoms with Gasteiger partial charge < -0.3 is 25.2 Å². The molecule has 2 N–H and O–H groups in total. The zero-order valence-electron chi connectivity index (χ0n) is 20.1. The lowest BCUT2D eigenvalue weighted by molar-refractivity contribution is 0.292. The Labute approximate surface area is 201 Å². The van der Waals surface area contributed by atoms with Gasteiger partial charge in [-0.3, -0.25) is 4.99 Å². The van der Waals surface area contributed by atoms with Gasteiger partial charge >= 0.3 is 0 Å². The van der Waals surface area contributed by atoms with Gasteiger partial charge in [0, 0.05) is 18.2 Å². The van der Waals surface area contributed by atoms with Gasteiger partial charge in [-0.1, -0.05) is 32.0 Å². The third kappa shape index (κ3) is 10.3. The molecular formula is C23H44IN5O. The molecule has 2 atom stereocenters. The highest BCUT2D eigenvalue weighted by atomic mass is 127. The molecule has 6 nitrogen and oxygen atoms in total. The highest BCUT2D eigenvalue weighted by Crippen LogP contribution is 2.28. The second kappa shape index (κ2) is 16.6. The number of nitrogens with one attached hydrogen (secondary N) is 2. The van der Waals surface area contributed by atoms with Gasteiger partial charge in [0.05, 0.1) is 19.7 Å². The highest BCUT2D eigenvalue weighted by molar-refractivity contribution is 14.0. The van der Waals surface area contributed by atoms with Crippen LogP contribution < -0.4 is 15.4 Å². The lowest BCUT2D eigenvalue weighted by atomic mass is 10.0. The molecule has 0 aliphatic rings. The molecule has 0 aromatic heterocycles. The summed E-state index contributed by atoms with van der Waals surface area (Å²) in [6, 6.07) is 8.72. The number of nitrogens with zero attached hydrogens (tertiary/aromatic N) is 3. The van der Waals surface area contributed by atoms with E-state index in [4.69, 9.17) is 9.73 Å². The summed E-state index contributed by atoms with van der Waals surface area (Å²) in [7, 11) is 5.89. The topological polar surface area (TPSA) is 52.1 Å². The normalized spacial score (nSPS) is 13.7. The first-order valence-corrected chi connectivity index (χ1v) is 11.0. The second-order valence-electron chi connectivity index (χ2n) is 7.66. The van der Waals surface area contributed by atoms with Crippen LogP contribution in [0, 0.1) is 0 Å². The fourth-order valence-electron chi connectivity index (χ4n) is 3.45. The highest BCUT2D eigenvalue weighted by Gasteiger charge is 2.18. The summed E-state index contributed by atoms with van der Waals surface area (Å²) in [5, 5.41) is 6.96. The molecule has 0 saturated heterocycles. The van der Waals surface area contributed by atoms with Crippen LogP contribution in [0.5, 0.6) is 5.75 Å². The van der Waals surface area contributed by atoms with Crippen molar-refractivity contribution in [3.8, 4) is 5.75 Å². The molecule has 0 amide bonds. The third-order valence-corrected chi connectivity index (χ3v) is 5.28. The summed E-state index contributed by atoms with van der Waals surface area (Å²) in [6.45, 7) is 13.7. The molecule has 1 aromatic carbocycles. The molecule has 0 heterocycles. The van der Waals surface area contributed by atoms with Crippen molar-refractivity contribution in [1.82, 2.24) is 20.4 Å². The van der Waals surface area contributed by atoms with Gasteiger partial charge in [-0.2, -0.15) is 0 Å². The van der Waals surface area contributed by atoms with E-state index in [1.165, 1.54) is 6.42 Å². The molecule has 0 saturated carbocycles. The number of hydrogen-bond acceptors (Lipinski definition) is 4. The minimum Gasteiger partial charge on any atom is -0.496 e. The smallest absolute Gasteiger partial charge is 0.191 e. The minimum atomic E-state index is 0. The van der Waals surface area contributed by atoms with Crippen LogP contribution in [0.2, 0.25) is 0 Å². The van der Waals surface area contributed by atoms with Crippen LogP contribution in [0.3, 0.4) is 0 Å². The van der Waals surface area contributed by atoms with Crippen LogP contribution in [0.15, 0.2) is 29.3 Å². The van der Waals surface area contributed by atoms with E-state index in [1.54, 1.807) is 7.11 Å². The van der Waals surface area contributed by atoms with Crippen molar-refractivity contribution in [2.45, 2.75) is 52.6 Å². The average molecular weight is 534 g/mol. The summed E-state index contributed by atoms with van der Waals surface area (Å²) in [5.74, 6) is 1.79. The van der Waals surface area contributed by atoms with Gasteiger partial charge in [0.1, 0.15) is 5.75 Å². The summed E-state index contributed by atoms with van der Waals surface area (Å²) in [5.41, 5.74) is 1.16. The van der Waals surface area contributed by atoms with Crippen molar-refractivity contribution >= 4 is 29.9 Å². The summed E-state index contributed by atoms with van der Waals surface area (Å²) < 4.78 is 5.57.